The van der Waals surface area contributed by atoms with Crippen LogP contribution in [0, 0.1) is 5.92 Å². The summed E-state index contributed by atoms with van der Waals surface area (Å²) in [5, 5.41) is 3.45. The van der Waals surface area contributed by atoms with E-state index in [1.807, 2.05) is 35.2 Å². The molecule has 3 rings (SSSR count). The summed E-state index contributed by atoms with van der Waals surface area (Å²) in [6, 6.07) is 10.0. The minimum absolute atomic E-state index is 0.149. The van der Waals surface area contributed by atoms with Gasteiger partial charge >= 0.3 is 0 Å². The Morgan fingerprint density at radius 2 is 2.00 bits per heavy atom. The summed E-state index contributed by atoms with van der Waals surface area (Å²) in [6.07, 6.45) is 1.10. The lowest BCUT2D eigenvalue weighted by atomic mass is 9.97. The number of hydrogen-bond donors (Lipinski definition) is 1. The number of nitrogens with zero attached hydrogens (tertiary/aromatic N) is 3. The predicted octanol–water partition coefficient (Wildman–Crippen LogP) is 1.17. The normalized spacial score (nSPS) is 21.6. The minimum atomic E-state index is -0.242. The van der Waals surface area contributed by atoms with Crippen LogP contribution in [0.15, 0.2) is 35.3 Å². The Balaban J connectivity index is 1.66. The zero-order valence-electron chi connectivity index (χ0n) is 17.0. The molecule has 154 valence electrons. The fourth-order valence-electron chi connectivity index (χ4n) is 3.96. The molecular formula is C21H32N4O3. The van der Waals surface area contributed by atoms with Crippen LogP contribution in [0.3, 0.4) is 0 Å². The Labute approximate surface area is 167 Å². The summed E-state index contributed by atoms with van der Waals surface area (Å²) < 4.78 is 10.7. The second-order valence-electron chi connectivity index (χ2n) is 7.39. The number of carbonyl (C=O) groups is 1. The Bertz CT molecular complexity index is 646. The van der Waals surface area contributed by atoms with E-state index in [-0.39, 0.29) is 11.8 Å². The molecule has 7 nitrogen and oxygen atoms in total. The van der Waals surface area contributed by atoms with Gasteiger partial charge < -0.3 is 24.6 Å². The maximum absolute atomic E-state index is 13.2. The van der Waals surface area contributed by atoms with Gasteiger partial charge in [-0.2, -0.15) is 0 Å². The molecule has 1 N–H and O–H groups in total. The monoisotopic (exact) mass is 388 g/mol. The molecule has 1 aromatic carbocycles. The summed E-state index contributed by atoms with van der Waals surface area (Å²) >= 11 is 0. The highest BCUT2D eigenvalue weighted by Gasteiger charge is 2.29. The van der Waals surface area contributed by atoms with Gasteiger partial charge in [0.2, 0.25) is 5.91 Å². The highest BCUT2D eigenvalue weighted by Crippen LogP contribution is 2.20. The van der Waals surface area contributed by atoms with E-state index in [4.69, 9.17) is 9.47 Å². The topological polar surface area (TPSA) is 66.4 Å². The van der Waals surface area contributed by atoms with Crippen LogP contribution in [-0.4, -0.2) is 88.4 Å². The second kappa shape index (κ2) is 10.4. The predicted molar refractivity (Wildman–Crippen MR) is 109 cm³/mol. The van der Waals surface area contributed by atoms with E-state index < -0.39 is 0 Å². The maximum atomic E-state index is 13.2. The van der Waals surface area contributed by atoms with Crippen molar-refractivity contribution in [2.45, 2.75) is 12.3 Å². The molecule has 2 saturated heterocycles. The fraction of sp³-hybridized carbons (Fsp3) is 0.619. The van der Waals surface area contributed by atoms with Crippen LogP contribution >= 0.6 is 0 Å². The molecule has 0 saturated carbocycles. The molecular weight excluding hydrogens is 356 g/mol. The number of nitrogens with one attached hydrogen (secondary N) is 1. The van der Waals surface area contributed by atoms with Gasteiger partial charge in [-0.25, -0.2) is 0 Å². The van der Waals surface area contributed by atoms with E-state index in [2.05, 4.69) is 15.2 Å². The van der Waals surface area contributed by atoms with Crippen molar-refractivity contribution in [3.8, 4) is 0 Å². The van der Waals surface area contributed by atoms with Crippen LogP contribution in [0.1, 0.15) is 17.9 Å². The van der Waals surface area contributed by atoms with Crippen LogP contribution in [0.25, 0.3) is 0 Å². The fourth-order valence-corrected chi connectivity index (χ4v) is 3.96. The maximum Gasteiger partial charge on any atom is 0.232 e. The van der Waals surface area contributed by atoms with Crippen molar-refractivity contribution in [2.24, 2.45) is 10.9 Å². The lowest BCUT2D eigenvalue weighted by Gasteiger charge is -2.31. The number of amides is 1. The van der Waals surface area contributed by atoms with Crippen molar-refractivity contribution >= 4 is 11.9 Å². The number of carbonyl (C=O) groups excluding carboxylic acids is 1. The van der Waals surface area contributed by atoms with Crippen molar-refractivity contribution in [3.05, 3.63) is 35.9 Å². The molecule has 0 radical (unpaired) electrons. The Morgan fingerprint density at radius 1 is 1.25 bits per heavy atom. The molecule has 2 heterocycles. The van der Waals surface area contributed by atoms with E-state index in [1.165, 1.54) is 0 Å². The van der Waals surface area contributed by atoms with Gasteiger partial charge in [0.1, 0.15) is 0 Å². The van der Waals surface area contributed by atoms with Gasteiger partial charge in [-0.3, -0.25) is 9.79 Å². The average Bonchev–Trinajstić information content (AvgIpc) is 3.21. The molecule has 2 aliphatic heterocycles. The van der Waals surface area contributed by atoms with Crippen molar-refractivity contribution in [2.75, 3.05) is 66.7 Å². The standard InChI is InChI=1S/C21H32N4O3/c1-22-21(25-9-8-17(15-25)16-27-2)23-14-19(18-6-4-3-5-7-18)20(26)24-10-12-28-13-11-24/h3-7,17,19H,8-16H2,1-2H3,(H,22,23). The summed E-state index contributed by atoms with van der Waals surface area (Å²) in [5.74, 6) is 1.29. The number of ether oxygens (including phenoxy) is 2. The summed E-state index contributed by atoms with van der Waals surface area (Å²) in [7, 11) is 3.55. The molecule has 28 heavy (non-hydrogen) atoms. The van der Waals surface area contributed by atoms with Gasteiger partial charge in [0.25, 0.3) is 0 Å². The number of likely N-dealkylation sites (tertiary alicyclic amines) is 1. The van der Waals surface area contributed by atoms with Gasteiger partial charge in [-0.15, -0.1) is 0 Å². The first-order valence-electron chi connectivity index (χ1n) is 10.1. The van der Waals surface area contributed by atoms with E-state index in [9.17, 15) is 4.79 Å². The first-order valence-corrected chi connectivity index (χ1v) is 10.1. The molecule has 1 aromatic rings. The molecule has 0 spiro atoms. The molecule has 7 heteroatoms. The van der Waals surface area contributed by atoms with Crippen molar-refractivity contribution in [3.63, 3.8) is 0 Å². The second-order valence-corrected chi connectivity index (χ2v) is 7.39. The summed E-state index contributed by atoms with van der Waals surface area (Å²) in [4.78, 5) is 21.8. The van der Waals surface area contributed by atoms with Crippen LogP contribution in [0.5, 0.6) is 0 Å². The van der Waals surface area contributed by atoms with Gasteiger partial charge in [-0.1, -0.05) is 30.3 Å². The third-order valence-corrected chi connectivity index (χ3v) is 5.49. The number of rotatable bonds is 6. The van der Waals surface area contributed by atoms with Crippen LogP contribution in [-0.2, 0) is 14.3 Å². The number of benzene rings is 1. The number of aliphatic imine (C=N–C) groups is 1. The SMILES string of the molecule is CN=C(NCC(C(=O)N1CCOCC1)c1ccccc1)N1CCC(COC)C1. The summed E-state index contributed by atoms with van der Waals surface area (Å²) in [5.41, 5.74) is 1.03. The van der Waals surface area contributed by atoms with E-state index in [0.717, 1.165) is 37.6 Å². The number of methoxy groups -OCH3 is 1. The molecule has 2 unspecified atom stereocenters. The highest BCUT2D eigenvalue weighted by atomic mass is 16.5. The van der Waals surface area contributed by atoms with Crippen LogP contribution < -0.4 is 5.32 Å². The van der Waals surface area contributed by atoms with Crippen molar-refractivity contribution < 1.29 is 14.3 Å². The lowest BCUT2D eigenvalue weighted by molar-refractivity contribution is -0.136. The van der Waals surface area contributed by atoms with Crippen molar-refractivity contribution in [1.82, 2.24) is 15.1 Å². The number of hydrogen-bond acceptors (Lipinski definition) is 4. The van der Waals surface area contributed by atoms with Gasteiger partial charge in [0.05, 0.1) is 25.7 Å². The Morgan fingerprint density at radius 3 is 2.68 bits per heavy atom. The van der Waals surface area contributed by atoms with E-state index in [0.29, 0.717) is 38.8 Å². The van der Waals surface area contributed by atoms with Crippen molar-refractivity contribution in [1.29, 1.82) is 0 Å². The number of guanidine groups is 1. The Hall–Kier alpha value is -2.12. The third kappa shape index (κ3) is 5.23. The molecule has 0 aliphatic carbocycles. The highest BCUT2D eigenvalue weighted by molar-refractivity contribution is 5.86. The minimum Gasteiger partial charge on any atom is -0.384 e. The molecule has 0 bridgehead atoms. The third-order valence-electron chi connectivity index (χ3n) is 5.49. The number of morpholine rings is 1. The first-order chi connectivity index (χ1) is 13.7. The molecule has 0 aromatic heterocycles. The van der Waals surface area contributed by atoms with Gasteiger partial charge in [0.15, 0.2) is 5.96 Å². The smallest absolute Gasteiger partial charge is 0.232 e. The van der Waals surface area contributed by atoms with Crippen LogP contribution in [0.4, 0.5) is 0 Å². The zero-order valence-corrected chi connectivity index (χ0v) is 17.0. The van der Waals surface area contributed by atoms with Gasteiger partial charge in [-0.05, 0) is 12.0 Å². The molecule has 1 amide bonds. The zero-order chi connectivity index (χ0) is 19.8. The lowest BCUT2D eigenvalue weighted by Crippen LogP contribution is -2.47. The molecule has 2 aliphatic rings. The largest absolute Gasteiger partial charge is 0.384 e. The summed E-state index contributed by atoms with van der Waals surface area (Å²) in [6.45, 7) is 5.72. The van der Waals surface area contributed by atoms with E-state index >= 15 is 0 Å². The molecule has 2 fully saturated rings. The Kier molecular flexibility index (Phi) is 7.68. The molecule has 2 atom stereocenters. The van der Waals surface area contributed by atoms with Crippen LogP contribution in [0.2, 0.25) is 0 Å². The average molecular weight is 389 g/mol. The quantitative estimate of drug-likeness (QED) is 0.585. The van der Waals surface area contributed by atoms with E-state index in [1.54, 1.807) is 14.2 Å². The first kappa shape index (κ1) is 20.6. The van der Waals surface area contributed by atoms with Gasteiger partial charge in [0, 0.05) is 52.8 Å².